The van der Waals surface area contributed by atoms with Gasteiger partial charge in [-0.2, -0.15) is 5.26 Å². The molecule has 0 N–H and O–H groups in total. The van der Waals surface area contributed by atoms with E-state index >= 15 is 0 Å². The van der Waals surface area contributed by atoms with Crippen LogP contribution in [0.3, 0.4) is 0 Å². The van der Waals surface area contributed by atoms with Gasteiger partial charge in [0.05, 0.1) is 9.13 Å². The Kier molecular flexibility index (Phi) is 4.03. The average molecular weight is 379 g/mol. The Labute approximate surface area is 108 Å². The molecule has 0 unspecified atom stereocenters. The minimum Gasteiger partial charge on any atom is -0.223 e. The van der Waals surface area contributed by atoms with Gasteiger partial charge < -0.3 is 0 Å². The third kappa shape index (κ3) is 2.78. The highest BCUT2D eigenvalue weighted by Gasteiger charge is 2.23. The highest BCUT2D eigenvalue weighted by Crippen LogP contribution is 2.27. The molecule has 0 aliphatic rings. The first-order chi connectivity index (χ1) is 7.27. The smallest absolute Gasteiger partial charge is 0.223 e. The Hall–Kier alpha value is -0.530. The molecule has 0 spiro atoms. The molecule has 0 fully saturated rings. The summed E-state index contributed by atoms with van der Waals surface area (Å²) < 4.78 is 46.8. The zero-order valence-corrected chi connectivity index (χ0v) is 11.0. The van der Waals surface area contributed by atoms with E-state index in [1.807, 2.05) is 0 Å². The maximum atomic E-state index is 12.4. The van der Waals surface area contributed by atoms with Gasteiger partial charge in [-0.1, -0.05) is 0 Å². The summed E-state index contributed by atoms with van der Waals surface area (Å²) >= 11 is 1.51. The molecule has 16 heavy (non-hydrogen) atoms. The van der Waals surface area contributed by atoms with Crippen LogP contribution < -0.4 is 0 Å². The first kappa shape index (κ1) is 13.5. The minimum atomic E-state index is -4.15. The predicted molar refractivity (Wildman–Crippen MR) is 59.7 cm³/mol. The van der Waals surface area contributed by atoms with E-state index in [0.29, 0.717) is 0 Å². The minimum absolute atomic E-state index is 0.0538. The van der Waals surface area contributed by atoms with Gasteiger partial charge in [0.1, 0.15) is 6.07 Å². The molecule has 0 atom stereocenters. The summed E-state index contributed by atoms with van der Waals surface area (Å²) in [5.41, 5.74) is -1.26. The third-order valence-corrected chi connectivity index (χ3v) is 3.95. The fraction of sp³-hybridized carbons (Fsp3) is 0.143. The van der Waals surface area contributed by atoms with Crippen LogP contribution in [0.2, 0.25) is 0 Å². The topological polar surface area (TPSA) is 70.8 Å². The summed E-state index contributed by atoms with van der Waals surface area (Å²) in [4.78, 5) is 3.31. The van der Waals surface area contributed by atoms with Gasteiger partial charge in [-0.3, -0.25) is 0 Å². The molecule has 1 heterocycles. The van der Waals surface area contributed by atoms with Crippen LogP contribution in [0, 0.1) is 14.9 Å². The van der Waals surface area contributed by atoms with E-state index in [0.717, 1.165) is 6.07 Å². The zero-order chi connectivity index (χ0) is 12.5. The van der Waals surface area contributed by atoms with Crippen molar-refractivity contribution in [1.29, 1.82) is 5.26 Å². The molecule has 9 heteroatoms. The van der Waals surface area contributed by atoms with Crippen LogP contribution >= 0.6 is 33.3 Å². The number of halogens is 4. The molecule has 0 aromatic carbocycles. The van der Waals surface area contributed by atoms with Crippen molar-refractivity contribution < 1.29 is 17.2 Å². The summed E-state index contributed by atoms with van der Waals surface area (Å²) in [6.07, 6.45) is -2.90. The van der Waals surface area contributed by atoms with Crippen LogP contribution in [0.15, 0.2) is 11.1 Å². The van der Waals surface area contributed by atoms with Crippen LogP contribution in [0.1, 0.15) is 17.7 Å². The van der Waals surface area contributed by atoms with Gasteiger partial charge in [0.15, 0.2) is 10.7 Å². The van der Waals surface area contributed by atoms with E-state index in [4.69, 9.17) is 15.9 Å². The molecular formula is C7H2ClF2IN2O2S. The van der Waals surface area contributed by atoms with E-state index < -0.39 is 31.8 Å². The summed E-state index contributed by atoms with van der Waals surface area (Å²) in [7, 11) is 0.882. The Morgan fingerprint density at radius 2 is 2.12 bits per heavy atom. The van der Waals surface area contributed by atoms with Gasteiger partial charge in [-0.25, -0.2) is 22.2 Å². The van der Waals surface area contributed by atoms with Gasteiger partial charge in [-0.05, 0) is 28.7 Å². The van der Waals surface area contributed by atoms with Gasteiger partial charge in [0, 0.05) is 10.7 Å². The van der Waals surface area contributed by atoms with Gasteiger partial charge in [0.2, 0.25) is 0 Å². The first-order valence-corrected chi connectivity index (χ1v) is 6.99. The van der Waals surface area contributed by atoms with Crippen LogP contribution in [0.25, 0.3) is 0 Å². The van der Waals surface area contributed by atoms with E-state index in [2.05, 4.69) is 4.98 Å². The van der Waals surface area contributed by atoms with Crippen molar-refractivity contribution >= 4 is 42.3 Å². The lowest BCUT2D eigenvalue weighted by molar-refractivity contribution is 0.150. The molecule has 0 saturated carbocycles. The lowest BCUT2D eigenvalue weighted by Crippen LogP contribution is -2.04. The van der Waals surface area contributed by atoms with E-state index in [1.54, 1.807) is 0 Å². The Bertz CT molecular complexity index is 570. The maximum absolute atomic E-state index is 12.4. The summed E-state index contributed by atoms with van der Waals surface area (Å²) in [5, 5.41) is 7.97. The molecule has 0 aliphatic carbocycles. The highest BCUT2D eigenvalue weighted by atomic mass is 127. The second-order valence-corrected chi connectivity index (χ2v) is 6.21. The molecule has 0 amide bonds. The standard InChI is InChI=1S/C7H2ClF2IN2O2S/c8-16(14,15)7-4(11)1-3(6(9)10)5(2-12)13-7/h1,6H. The second kappa shape index (κ2) is 4.77. The number of pyridine rings is 1. The molecule has 1 aromatic rings. The molecule has 0 radical (unpaired) electrons. The fourth-order valence-electron chi connectivity index (χ4n) is 0.913. The van der Waals surface area contributed by atoms with Gasteiger partial charge in [-0.15, -0.1) is 0 Å². The number of alkyl halides is 2. The van der Waals surface area contributed by atoms with Gasteiger partial charge in [0.25, 0.3) is 15.5 Å². The summed E-state index contributed by atoms with van der Waals surface area (Å²) in [5.74, 6) is 0. The van der Waals surface area contributed by atoms with Crippen molar-refractivity contribution in [2.45, 2.75) is 11.5 Å². The molecule has 4 nitrogen and oxygen atoms in total. The van der Waals surface area contributed by atoms with Crippen LogP contribution in [-0.4, -0.2) is 13.4 Å². The SMILES string of the molecule is N#Cc1nc(S(=O)(=O)Cl)c(I)cc1C(F)F. The zero-order valence-electron chi connectivity index (χ0n) is 7.29. The van der Waals surface area contributed by atoms with Crippen molar-refractivity contribution in [3.63, 3.8) is 0 Å². The average Bonchev–Trinajstić information content (AvgIpc) is 2.15. The normalized spacial score (nSPS) is 11.5. The quantitative estimate of drug-likeness (QED) is 0.585. The highest BCUT2D eigenvalue weighted by molar-refractivity contribution is 14.1. The number of rotatable bonds is 2. The van der Waals surface area contributed by atoms with Crippen molar-refractivity contribution in [2.24, 2.45) is 0 Å². The maximum Gasteiger partial charge on any atom is 0.279 e. The van der Waals surface area contributed by atoms with Crippen molar-refractivity contribution in [3.8, 4) is 6.07 Å². The van der Waals surface area contributed by atoms with Crippen LogP contribution in [0.4, 0.5) is 8.78 Å². The number of aromatic nitrogens is 1. The number of nitrogens with zero attached hydrogens (tertiary/aromatic N) is 2. The number of hydrogen-bond donors (Lipinski definition) is 0. The molecule has 0 saturated heterocycles. The lowest BCUT2D eigenvalue weighted by atomic mass is 10.2. The van der Waals surface area contributed by atoms with Crippen LogP contribution in [0.5, 0.6) is 0 Å². The van der Waals surface area contributed by atoms with Crippen molar-refractivity contribution in [2.75, 3.05) is 0 Å². The summed E-state index contributed by atoms with van der Waals surface area (Å²) in [6.45, 7) is 0. The predicted octanol–water partition coefficient (Wildman–Crippen LogP) is 2.42. The lowest BCUT2D eigenvalue weighted by Gasteiger charge is -2.05. The Morgan fingerprint density at radius 3 is 2.50 bits per heavy atom. The van der Waals surface area contributed by atoms with Crippen LogP contribution in [-0.2, 0) is 9.05 Å². The number of nitriles is 1. The second-order valence-electron chi connectivity index (χ2n) is 2.56. The molecule has 0 aliphatic heterocycles. The monoisotopic (exact) mass is 378 g/mol. The van der Waals surface area contributed by atoms with Gasteiger partial charge >= 0.3 is 0 Å². The Balaban J connectivity index is 3.58. The Morgan fingerprint density at radius 1 is 1.56 bits per heavy atom. The van der Waals surface area contributed by atoms with E-state index in [-0.39, 0.29) is 3.57 Å². The first-order valence-electron chi connectivity index (χ1n) is 3.60. The molecular weight excluding hydrogens is 377 g/mol. The molecule has 1 rings (SSSR count). The van der Waals surface area contributed by atoms with E-state index in [1.165, 1.54) is 28.7 Å². The van der Waals surface area contributed by atoms with Crippen molar-refractivity contribution in [1.82, 2.24) is 4.98 Å². The summed E-state index contributed by atoms with van der Waals surface area (Å²) in [6, 6.07) is 2.28. The molecule has 1 aromatic heterocycles. The third-order valence-electron chi connectivity index (χ3n) is 1.55. The largest absolute Gasteiger partial charge is 0.279 e. The fourth-order valence-corrected chi connectivity index (χ4v) is 3.47. The molecule has 86 valence electrons. The molecule has 0 bridgehead atoms. The van der Waals surface area contributed by atoms with Crippen molar-refractivity contribution in [3.05, 3.63) is 20.9 Å². The number of hydrogen-bond acceptors (Lipinski definition) is 4. The van der Waals surface area contributed by atoms with E-state index in [9.17, 15) is 17.2 Å².